The average Bonchev–Trinajstić information content (AvgIpc) is 2.60. The molecule has 0 atom stereocenters. The van der Waals surface area contributed by atoms with E-state index < -0.39 is 0 Å². The molecule has 2 rings (SSSR count). The molecule has 0 aliphatic rings. The van der Waals surface area contributed by atoms with E-state index in [4.69, 9.17) is 9.47 Å². The molecule has 0 fully saturated rings. The zero-order valence-electron chi connectivity index (χ0n) is 13.3. The Morgan fingerprint density at radius 3 is 2.35 bits per heavy atom. The summed E-state index contributed by atoms with van der Waals surface area (Å²) in [5.41, 5.74) is 0.623. The van der Waals surface area contributed by atoms with Crippen LogP contribution in [-0.4, -0.2) is 37.6 Å². The Morgan fingerprint density at radius 2 is 1.70 bits per heavy atom. The predicted molar refractivity (Wildman–Crippen MR) is 91.0 cm³/mol. The summed E-state index contributed by atoms with van der Waals surface area (Å²) in [6.45, 7) is 5.01. The third-order valence-corrected chi connectivity index (χ3v) is 3.25. The number of carbonyl (C=O) groups excluding carboxylic acids is 1. The summed E-state index contributed by atoms with van der Waals surface area (Å²) in [7, 11) is 1.76. The first-order chi connectivity index (χ1) is 11.2. The van der Waals surface area contributed by atoms with E-state index in [1.807, 2.05) is 30.3 Å². The second-order valence-electron chi connectivity index (χ2n) is 5.01. The Bertz CT molecular complexity index is 623. The minimum atomic E-state index is -0.0445. The Hall–Kier alpha value is -2.75. The molecule has 23 heavy (non-hydrogen) atoms. The lowest BCUT2D eigenvalue weighted by Crippen LogP contribution is -2.30. The van der Waals surface area contributed by atoms with Crippen molar-refractivity contribution >= 4 is 5.91 Å². The van der Waals surface area contributed by atoms with Crippen LogP contribution in [0.4, 0.5) is 0 Å². The normalized spacial score (nSPS) is 9.96. The Morgan fingerprint density at radius 1 is 1.04 bits per heavy atom. The molecule has 1 amide bonds. The van der Waals surface area contributed by atoms with E-state index in [1.54, 1.807) is 42.3 Å². The lowest BCUT2D eigenvalue weighted by Gasteiger charge is -2.17. The van der Waals surface area contributed by atoms with Gasteiger partial charge in [0.15, 0.2) is 0 Å². The number of hydrogen-bond acceptors (Lipinski definition) is 3. The van der Waals surface area contributed by atoms with Crippen LogP contribution in [0, 0.1) is 0 Å². The molecule has 120 valence electrons. The number of carbonyl (C=O) groups is 1. The number of benzene rings is 2. The fourth-order valence-corrected chi connectivity index (χ4v) is 1.99. The van der Waals surface area contributed by atoms with Crippen LogP contribution in [0.25, 0.3) is 0 Å². The highest BCUT2D eigenvalue weighted by atomic mass is 16.5. The van der Waals surface area contributed by atoms with Crippen LogP contribution in [0.15, 0.2) is 67.3 Å². The molecule has 0 aliphatic carbocycles. The molecular weight excluding hydrogens is 290 g/mol. The average molecular weight is 311 g/mol. The fourth-order valence-electron chi connectivity index (χ4n) is 1.99. The summed E-state index contributed by atoms with van der Waals surface area (Å²) in [5.74, 6) is 1.48. The number of amides is 1. The summed E-state index contributed by atoms with van der Waals surface area (Å²) in [6, 6.07) is 16.6. The summed E-state index contributed by atoms with van der Waals surface area (Å²) in [4.78, 5) is 14.0. The van der Waals surface area contributed by atoms with E-state index in [0.717, 1.165) is 11.5 Å². The quantitative estimate of drug-likeness (QED) is 0.701. The zero-order chi connectivity index (χ0) is 16.5. The highest BCUT2D eigenvalue weighted by Gasteiger charge is 2.11. The van der Waals surface area contributed by atoms with E-state index in [-0.39, 0.29) is 5.91 Å². The molecule has 0 spiro atoms. The summed E-state index contributed by atoms with van der Waals surface area (Å²) < 4.78 is 11.0. The van der Waals surface area contributed by atoms with Crippen molar-refractivity contribution in [1.29, 1.82) is 0 Å². The lowest BCUT2D eigenvalue weighted by atomic mass is 10.2. The molecule has 0 saturated heterocycles. The minimum absolute atomic E-state index is 0.0445. The van der Waals surface area contributed by atoms with Crippen molar-refractivity contribution in [1.82, 2.24) is 4.90 Å². The van der Waals surface area contributed by atoms with Gasteiger partial charge in [-0.2, -0.15) is 0 Å². The number of para-hydroxylation sites is 1. The second-order valence-corrected chi connectivity index (χ2v) is 5.01. The molecule has 0 unspecified atom stereocenters. The van der Waals surface area contributed by atoms with Crippen LogP contribution in [0.5, 0.6) is 11.5 Å². The standard InChI is InChI=1S/C19H21NO3/c1-3-14-22-18-11-9-16(10-12-18)19(21)20(2)13-15-23-17-7-5-4-6-8-17/h3-12H,1,13-15H2,2H3. The van der Waals surface area contributed by atoms with Crippen molar-refractivity contribution in [3.8, 4) is 11.5 Å². The van der Waals surface area contributed by atoms with Gasteiger partial charge in [0, 0.05) is 12.6 Å². The third-order valence-electron chi connectivity index (χ3n) is 3.25. The van der Waals surface area contributed by atoms with Gasteiger partial charge in [0.1, 0.15) is 24.7 Å². The van der Waals surface area contributed by atoms with Crippen molar-refractivity contribution in [3.05, 3.63) is 72.8 Å². The van der Waals surface area contributed by atoms with E-state index >= 15 is 0 Å². The minimum Gasteiger partial charge on any atom is -0.492 e. The van der Waals surface area contributed by atoms with Gasteiger partial charge in [-0.1, -0.05) is 30.9 Å². The smallest absolute Gasteiger partial charge is 0.253 e. The summed E-state index contributed by atoms with van der Waals surface area (Å²) in [6.07, 6.45) is 1.68. The van der Waals surface area contributed by atoms with E-state index in [2.05, 4.69) is 6.58 Å². The van der Waals surface area contributed by atoms with E-state index in [0.29, 0.717) is 25.3 Å². The Kier molecular flexibility index (Phi) is 6.24. The summed E-state index contributed by atoms with van der Waals surface area (Å²) in [5, 5.41) is 0. The second kappa shape index (κ2) is 8.63. The van der Waals surface area contributed by atoms with Crippen LogP contribution in [-0.2, 0) is 0 Å². The van der Waals surface area contributed by atoms with Gasteiger partial charge in [-0.25, -0.2) is 0 Å². The molecule has 0 bridgehead atoms. The number of likely N-dealkylation sites (N-methyl/N-ethyl adjacent to an activating group) is 1. The fraction of sp³-hybridized carbons (Fsp3) is 0.211. The first-order valence-electron chi connectivity index (χ1n) is 7.48. The van der Waals surface area contributed by atoms with Crippen molar-refractivity contribution < 1.29 is 14.3 Å². The molecule has 2 aromatic rings. The third kappa shape index (κ3) is 5.18. The summed E-state index contributed by atoms with van der Waals surface area (Å²) >= 11 is 0. The molecule has 0 radical (unpaired) electrons. The highest BCUT2D eigenvalue weighted by molar-refractivity contribution is 5.94. The van der Waals surface area contributed by atoms with Gasteiger partial charge in [0.05, 0.1) is 6.54 Å². The molecule has 0 N–H and O–H groups in total. The van der Waals surface area contributed by atoms with Crippen LogP contribution in [0.1, 0.15) is 10.4 Å². The Balaban J connectivity index is 1.83. The molecule has 0 saturated carbocycles. The predicted octanol–water partition coefficient (Wildman–Crippen LogP) is 3.40. The first-order valence-corrected chi connectivity index (χ1v) is 7.48. The van der Waals surface area contributed by atoms with E-state index in [9.17, 15) is 4.79 Å². The van der Waals surface area contributed by atoms with Crippen molar-refractivity contribution in [2.45, 2.75) is 0 Å². The van der Waals surface area contributed by atoms with Crippen LogP contribution < -0.4 is 9.47 Å². The van der Waals surface area contributed by atoms with Crippen LogP contribution in [0.2, 0.25) is 0 Å². The number of ether oxygens (including phenoxy) is 2. The van der Waals surface area contributed by atoms with Crippen molar-refractivity contribution in [2.75, 3.05) is 26.8 Å². The van der Waals surface area contributed by atoms with Gasteiger partial charge in [-0.05, 0) is 36.4 Å². The number of hydrogen-bond donors (Lipinski definition) is 0. The van der Waals surface area contributed by atoms with Gasteiger partial charge in [-0.3, -0.25) is 4.79 Å². The van der Waals surface area contributed by atoms with Crippen LogP contribution >= 0.6 is 0 Å². The van der Waals surface area contributed by atoms with Crippen molar-refractivity contribution in [3.63, 3.8) is 0 Å². The van der Waals surface area contributed by atoms with Gasteiger partial charge in [-0.15, -0.1) is 0 Å². The maximum absolute atomic E-state index is 12.3. The monoisotopic (exact) mass is 311 g/mol. The SMILES string of the molecule is C=CCOc1ccc(C(=O)N(C)CCOc2ccccc2)cc1. The van der Waals surface area contributed by atoms with Gasteiger partial charge in [0.2, 0.25) is 0 Å². The zero-order valence-corrected chi connectivity index (χ0v) is 13.3. The number of rotatable bonds is 8. The molecule has 2 aromatic carbocycles. The molecule has 4 nitrogen and oxygen atoms in total. The van der Waals surface area contributed by atoms with Gasteiger partial charge < -0.3 is 14.4 Å². The topological polar surface area (TPSA) is 38.8 Å². The lowest BCUT2D eigenvalue weighted by molar-refractivity contribution is 0.0773. The van der Waals surface area contributed by atoms with Crippen molar-refractivity contribution in [2.24, 2.45) is 0 Å². The first kappa shape index (κ1) is 16.6. The van der Waals surface area contributed by atoms with Gasteiger partial charge >= 0.3 is 0 Å². The highest BCUT2D eigenvalue weighted by Crippen LogP contribution is 2.13. The Labute approximate surface area is 137 Å². The number of nitrogens with zero attached hydrogens (tertiary/aromatic N) is 1. The largest absolute Gasteiger partial charge is 0.492 e. The van der Waals surface area contributed by atoms with Gasteiger partial charge in [0.25, 0.3) is 5.91 Å². The maximum Gasteiger partial charge on any atom is 0.253 e. The molecule has 0 heterocycles. The molecule has 4 heteroatoms. The maximum atomic E-state index is 12.3. The molecule has 0 aromatic heterocycles. The molecular formula is C19H21NO3. The van der Waals surface area contributed by atoms with Crippen LogP contribution in [0.3, 0.4) is 0 Å². The van der Waals surface area contributed by atoms with E-state index in [1.165, 1.54) is 0 Å². The molecule has 0 aliphatic heterocycles.